The van der Waals surface area contributed by atoms with E-state index in [1.165, 1.54) is 17.5 Å². The van der Waals surface area contributed by atoms with E-state index in [0.29, 0.717) is 24.3 Å². The lowest BCUT2D eigenvalue weighted by atomic mass is 9.81. The van der Waals surface area contributed by atoms with E-state index in [1.807, 2.05) is 0 Å². The molecule has 3 atom stereocenters. The summed E-state index contributed by atoms with van der Waals surface area (Å²) in [5.41, 5.74) is 2.84. The number of piperidine rings is 1. The highest BCUT2D eigenvalue weighted by Gasteiger charge is 2.26. The lowest BCUT2D eigenvalue weighted by Gasteiger charge is -2.31. The molecular weight excluding hydrogens is 260 g/mol. The second-order valence-electron chi connectivity index (χ2n) is 6.64. The van der Waals surface area contributed by atoms with Gasteiger partial charge in [-0.25, -0.2) is 0 Å². The zero-order valence-electron chi connectivity index (χ0n) is 12.9. The molecule has 3 rings (SSSR count). The Hall–Kier alpha value is -1.35. The van der Waals surface area contributed by atoms with Crippen molar-refractivity contribution in [1.82, 2.24) is 10.6 Å². The van der Waals surface area contributed by atoms with Crippen LogP contribution in [-0.4, -0.2) is 25.0 Å². The van der Waals surface area contributed by atoms with E-state index >= 15 is 0 Å². The van der Waals surface area contributed by atoms with Gasteiger partial charge in [0, 0.05) is 19.0 Å². The number of carbonyl (C=O) groups is 1. The van der Waals surface area contributed by atoms with Crippen LogP contribution in [-0.2, 0) is 11.2 Å². The molecule has 0 aromatic heterocycles. The standard InChI is InChI=1S/C18H26N2O/c1-13-9-10-19-12-17(13)20-18(21)11-15-7-4-6-14-5-2-3-8-16(14)15/h2-3,5,8,13,15,17,19H,4,6-7,9-12H2,1H3,(H,20,21). The van der Waals surface area contributed by atoms with Crippen molar-refractivity contribution >= 4 is 5.91 Å². The molecule has 1 aromatic rings. The number of amides is 1. The Bertz CT molecular complexity index is 500. The van der Waals surface area contributed by atoms with Gasteiger partial charge >= 0.3 is 0 Å². The summed E-state index contributed by atoms with van der Waals surface area (Å²) in [7, 11) is 0. The van der Waals surface area contributed by atoms with Gasteiger partial charge in [0.1, 0.15) is 0 Å². The Labute approximate surface area is 127 Å². The summed E-state index contributed by atoms with van der Waals surface area (Å²) < 4.78 is 0. The van der Waals surface area contributed by atoms with Crippen LogP contribution in [0.15, 0.2) is 24.3 Å². The average molecular weight is 286 g/mol. The zero-order valence-corrected chi connectivity index (χ0v) is 12.9. The van der Waals surface area contributed by atoms with E-state index in [4.69, 9.17) is 0 Å². The maximum absolute atomic E-state index is 12.4. The van der Waals surface area contributed by atoms with E-state index < -0.39 is 0 Å². The second-order valence-corrected chi connectivity index (χ2v) is 6.64. The topological polar surface area (TPSA) is 41.1 Å². The Morgan fingerprint density at radius 3 is 3.05 bits per heavy atom. The van der Waals surface area contributed by atoms with Gasteiger partial charge in [0.2, 0.25) is 5.91 Å². The van der Waals surface area contributed by atoms with Gasteiger partial charge in [-0.2, -0.15) is 0 Å². The van der Waals surface area contributed by atoms with Crippen LogP contribution in [0.5, 0.6) is 0 Å². The predicted molar refractivity (Wildman–Crippen MR) is 85.3 cm³/mol. The van der Waals surface area contributed by atoms with E-state index in [1.54, 1.807) is 0 Å². The van der Waals surface area contributed by atoms with E-state index in [0.717, 1.165) is 32.4 Å². The number of nitrogens with one attached hydrogen (secondary N) is 2. The van der Waals surface area contributed by atoms with Gasteiger partial charge < -0.3 is 10.6 Å². The van der Waals surface area contributed by atoms with Crippen LogP contribution in [0, 0.1) is 5.92 Å². The SMILES string of the molecule is CC1CCNCC1NC(=O)CC1CCCc2ccccc21. The highest BCUT2D eigenvalue weighted by molar-refractivity contribution is 5.77. The summed E-state index contributed by atoms with van der Waals surface area (Å²) in [5, 5.41) is 6.62. The highest BCUT2D eigenvalue weighted by Crippen LogP contribution is 2.33. The fourth-order valence-corrected chi connectivity index (χ4v) is 3.74. The Kier molecular flexibility index (Phi) is 4.59. The summed E-state index contributed by atoms with van der Waals surface area (Å²) in [4.78, 5) is 12.4. The average Bonchev–Trinajstić information content (AvgIpc) is 2.50. The summed E-state index contributed by atoms with van der Waals surface area (Å²) in [6.45, 7) is 4.22. The number of hydrogen-bond acceptors (Lipinski definition) is 2. The van der Waals surface area contributed by atoms with Crippen molar-refractivity contribution in [3.63, 3.8) is 0 Å². The molecule has 1 saturated heterocycles. The molecule has 1 fully saturated rings. The van der Waals surface area contributed by atoms with Crippen molar-refractivity contribution in [1.29, 1.82) is 0 Å². The van der Waals surface area contributed by atoms with Crippen molar-refractivity contribution in [2.45, 2.75) is 51.0 Å². The summed E-state index contributed by atoms with van der Waals surface area (Å²) in [6.07, 6.45) is 5.30. The molecule has 2 aliphatic rings. The minimum absolute atomic E-state index is 0.220. The minimum atomic E-state index is 0.220. The first kappa shape index (κ1) is 14.6. The lowest BCUT2D eigenvalue weighted by Crippen LogP contribution is -2.50. The Morgan fingerprint density at radius 1 is 1.33 bits per heavy atom. The molecule has 2 N–H and O–H groups in total. The molecule has 0 spiro atoms. The quantitative estimate of drug-likeness (QED) is 0.897. The Morgan fingerprint density at radius 2 is 2.19 bits per heavy atom. The highest BCUT2D eigenvalue weighted by atomic mass is 16.1. The third kappa shape index (κ3) is 3.46. The van der Waals surface area contributed by atoms with Crippen molar-refractivity contribution in [2.24, 2.45) is 5.92 Å². The van der Waals surface area contributed by atoms with Crippen LogP contribution >= 0.6 is 0 Å². The monoisotopic (exact) mass is 286 g/mol. The van der Waals surface area contributed by atoms with E-state index in [2.05, 4.69) is 41.8 Å². The maximum atomic E-state index is 12.4. The van der Waals surface area contributed by atoms with Gasteiger partial charge in [-0.3, -0.25) is 4.79 Å². The molecule has 0 saturated carbocycles. The molecule has 0 radical (unpaired) electrons. The molecule has 3 heteroatoms. The number of aryl methyl sites for hydroxylation is 1. The van der Waals surface area contributed by atoms with E-state index in [-0.39, 0.29) is 5.91 Å². The third-order valence-corrected chi connectivity index (χ3v) is 5.10. The first-order valence-electron chi connectivity index (χ1n) is 8.32. The first-order chi connectivity index (χ1) is 10.2. The van der Waals surface area contributed by atoms with Crippen molar-refractivity contribution in [3.8, 4) is 0 Å². The van der Waals surface area contributed by atoms with Gasteiger partial charge in [0.05, 0.1) is 0 Å². The van der Waals surface area contributed by atoms with Gasteiger partial charge in [-0.05, 0) is 55.2 Å². The van der Waals surface area contributed by atoms with Crippen molar-refractivity contribution in [2.75, 3.05) is 13.1 Å². The molecule has 3 nitrogen and oxygen atoms in total. The van der Waals surface area contributed by atoms with Gasteiger partial charge in [0.15, 0.2) is 0 Å². The number of hydrogen-bond donors (Lipinski definition) is 2. The fourth-order valence-electron chi connectivity index (χ4n) is 3.74. The molecule has 1 heterocycles. The van der Waals surface area contributed by atoms with Crippen LogP contribution < -0.4 is 10.6 Å². The van der Waals surface area contributed by atoms with Gasteiger partial charge in [-0.15, -0.1) is 0 Å². The lowest BCUT2D eigenvalue weighted by molar-refractivity contribution is -0.122. The number of benzene rings is 1. The molecule has 114 valence electrons. The van der Waals surface area contributed by atoms with Crippen LogP contribution in [0.1, 0.15) is 49.7 Å². The summed E-state index contributed by atoms with van der Waals surface area (Å²) in [6, 6.07) is 8.92. The molecule has 21 heavy (non-hydrogen) atoms. The van der Waals surface area contributed by atoms with Crippen LogP contribution in [0.25, 0.3) is 0 Å². The fraction of sp³-hybridized carbons (Fsp3) is 0.611. The number of fused-ring (bicyclic) bond motifs is 1. The minimum Gasteiger partial charge on any atom is -0.352 e. The summed E-state index contributed by atoms with van der Waals surface area (Å²) >= 11 is 0. The van der Waals surface area contributed by atoms with Crippen LogP contribution in [0.3, 0.4) is 0 Å². The maximum Gasteiger partial charge on any atom is 0.220 e. The molecular formula is C18H26N2O. The van der Waals surface area contributed by atoms with Gasteiger partial charge in [0.25, 0.3) is 0 Å². The second kappa shape index (κ2) is 6.61. The molecule has 1 aliphatic heterocycles. The smallest absolute Gasteiger partial charge is 0.220 e. The van der Waals surface area contributed by atoms with E-state index in [9.17, 15) is 4.79 Å². The van der Waals surface area contributed by atoms with Crippen molar-refractivity contribution < 1.29 is 4.79 Å². The molecule has 0 bridgehead atoms. The molecule has 1 amide bonds. The first-order valence-corrected chi connectivity index (χ1v) is 8.32. The number of carbonyl (C=O) groups excluding carboxylic acids is 1. The number of rotatable bonds is 3. The normalized spacial score (nSPS) is 28.7. The van der Waals surface area contributed by atoms with Crippen molar-refractivity contribution in [3.05, 3.63) is 35.4 Å². The van der Waals surface area contributed by atoms with Crippen LogP contribution in [0.4, 0.5) is 0 Å². The third-order valence-electron chi connectivity index (χ3n) is 5.10. The van der Waals surface area contributed by atoms with Gasteiger partial charge in [-0.1, -0.05) is 31.2 Å². The molecule has 1 aromatic carbocycles. The summed E-state index contributed by atoms with van der Waals surface area (Å²) in [5.74, 6) is 1.20. The largest absolute Gasteiger partial charge is 0.352 e. The van der Waals surface area contributed by atoms with Crippen LogP contribution in [0.2, 0.25) is 0 Å². The predicted octanol–water partition coefficient (Wildman–Crippen LogP) is 2.61. The zero-order chi connectivity index (χ0) is 14.7. The molecule has 3 unspecified atom stereocenters. The molecule has 1 aliphatic carbocycles. The Balaban J connectivity index is 1.60.